The Morgan fingerprint density at radius 2 is 1.63 bits per heavy atom. The summed E-state index contributed by atoms with van der Waals surface area (Å²) in [6, 6.07) is 19.2. The fourth-order valence-corrected chi connectivity index (χ4v) is 2.40. The molecule has 1 aliphatic heterocycles. The monoisotopic (exact) mass is 247 g/mol. The number of rotatable bonds is 3. The van der Waals surface area contributed by atoms with E-state index in [1.165, 1.54) is 16.7 Å². The summed E-state index contributed by atoms with van der Waals surface area (Å²) in [5.74, 6) is 0. The van der Waals surface area contributed by atoms with Gasteiger partial charge in [0.05, 0.1) is 0 Å². The van der Waals surface area contributed by atoms with Gasteiger partial charge in [0.1, 0.15) is 0 Å². The number of nitrogens with zero attached hydrogens (tertiary/aromatic N) is 1. The van der Waals surface area contributed by atoms with Crippen molar-refractivity contribution < 1.29 is 0 Å². The molecule has 1 aliphatic rings. The summed E-state index contributed by atoms with van der Waals surface area (Å²) in [5, 5.41) is 0. The summed E-state index contributed by atoms with van der Waals surface area (Å²) < 4.78 is 0. The molecule has 0 radical (unpaired) electrons. The van der Waals surface area contributed by atoms with Gasteiger partial charge in [-0.1, -0.05) is 66.7 Å². The maximum atomic E-state index is 2.32. The molecule has 3 rings (SSSR count). The van der Waals surface area contributed by atoms with Gasteiger partial charge in [0.25, 0.3) is 0 Å². The highest BCUT2D eigenvalue weighted by atomic mass is 15.1. The van der Waals surface area contributed by atoms with Crippen molar-refractivity contribution in [2.24, 2.45) is 0 Å². The Morgan fingerprint density at radius 1 is 0.842 bits per heavy atom. The van der Waals surface area contributed by atoms with Gasteiger partial charge in [0.15, 0.2) is 0 Å². The Morgan fingerprint density at radius 3 is 2.42 bits per heavy atom. The van der Waals surface area contributed by atoms with E-state index in [0.717, 1.165) is 13.1 Å². The number of hydrogen-bond donors (Lipinski definition) is 0. The van der Waals surface area contributed by atoms with Crippen molar-refractivity contribution in [2.45, 2.75) is 6.54 Å². The zero-order chi connectivity index (χ0) is 12.9. The SMILES string of the molecule is C1=CCN(Cc2ccccc2-c2ccccc2)C=C1. The summed E-state index contributed by atoms with van der Waals surface area (Å²) >= 11 is 0. The number of hydrogen-bond acceptors (Lipinski definition) is 1. The maximum Gasteiger partial charge on any atom is 0.0433 e. The van der Waals surface area contributed by atoms with Crippen LogP contribution in [0.1, 0.15) is 5.56 Å². The third kappa shape index (κ3) is 2.76. The summed E-state index contributed by atoms with van der Waals surface area (Å²) in [7, 11) is 0. The second kappa shape index (κ2) is 5.57. The third-order valence-electron chi connectivity index (χ3n) is 3.36. The molecule has 0 saturated carbocycles. The Kier molecular flexibility index (Phi) is 3.46. The zero-order valence-electron chi connectivity index (χ0n) is 10.9. The van der Waals surface area contributed by atoms with Crippen LogP contribution in [-0.2, 0) is 6.54 Å². The lowest BCUT2D eigenvalue weighted by Crippen LogP contribution is -2.18. The normalized spacial score (nSPS) is 13.8. The van der Waals surface area contributed by atoms with Crippen LogP contribution in [0.5, 0.6) is 0 Å². The molecule has 1 heterocycles. The van der Waals surface area contributed by atoms with E-state index in [9.17, 15) is 0 Å². The van der Waals surface area contributed by atoms with Gasteiger partial charge in [-0.2, -0.15) is 0 Å². The van der Waals surface area contributed by atoms with E-state index in [-0.39, 0.29) is 0 Å². The lowest BCUT2D eigenvalue weighted by atomic mass is 9.99. The van der Waals surface area contributed by atoms with Crippen molar-refractivity contribution in [3.63, 3.8) is 0 Å². The van der Waals surface area contributed by atoms with E-state index in [1.54, 1.807) is 0 Å². The second-order valence-electron chi connectivity index (χ2n) is 4.72. The summed E-state index contributed by atoms with van der Waals surface area (Å²) in [4.78, 5) is 2.32. The van der Waals surface area contributed by atoms with Gasteiger partial charge in [-0.05, 0) is 29.0 Å². The van der Waals surface area contributed by atoms with E-state index in [4.69, 9.17) is 0 Å². The van der Waals surface area contributed by atoms with Crippen LogP contribution in [0.2, 0.25) is 0 Å². The summed E-state index contributed by atoms with van der Waals surface area (Å²) in [6.07, 6.45) is 8.53. The van der Waals surface area contributed by atoms with Crippen molar-refractivity contribution in [1.82, 2.24) is 4.90 Å². The van der Waals surface area contributed by atoms with E-state index in [2.05, 4.69) is 83.9 Å². The predicted octanol–water partition coefficient (Wildman–Crippen LogP) is 4.24. The van der Waals surface area contributed by atoms with Crippen LogP contribution in [0.25, 0.3) is 11.1 Å². The molecule has 0 saturated heterocycles. The highest BCUT2D eigenvalue weighted by Crippen LogP contribution is 2.24. The van der Waals surface area contributed by atoms with Crippen molar-refractivity contribution in [1.29, 1.82) is 0 Å². The highest BCUT2D eigenvalue weighted by molar-refractivity contribution is 5.67. The molecule has 19 heavy (non-hydrogen) atoms. The minimum absolute atomic E-state index is 0.950. The van der Waals surface area contributed by atoms with Crippen molar-refractivity contribution in [3.8, 4) is 11.1 Å². The molecule has 0 unspecified atom stereocenters. The van der Waals surface area contributed by atoms with Crippen LogP contribution >= 0.6 is 0 Å². The van der Waals surface area contributed by atoms with Crippen LogP contribution in [-0.4, -0.2) is 11.4 Å². The van der Waals surface area contributed by atoms with Gasteiger partial charge in [0, 0.05) is 13.1 Å². The van der Waals surface area contributed by atoms with Gasteiger partial charge in [-0.3, -0.25) is 0 Å². The third-order valence-corrected chi connectivity index (χ3v) is 3.36. The first-order chi connectivity index (χ1) is 9.43. The molecule has 2 aromatic carbocycles. The minimum atomic E-state index is 0.950. The average Bonchev–Trinajstić information content (AvgIpc) is 2.50. The first kappa shape index (κ1) is 11.8. The molecule has 1 heteroatoms. The fourth-order valence-electron chi connectivity index (χ4n) is 2.40. The molecule has 0 amide bonds. The second-order valence-corrected chi connectivity index (χ2v) is 4.72. The summed E-state index contributed by atoms with van der Waals surface area (Å²) in [5.41, 5.74) is 3.98. The van der Waals surface area contributed by atoms with Gasteiger partial charge in [0.2, 0.25) is 0 Å². The summed E-state index contributed by atoms with van der Waals surface area (Å²) in [6.45, 7) is 1.94. The average molecular weight is 247 g/mol. The van der Waals surface area contributed by atoms with Gasteiger partial charge in [-0.25, -0.2) is 0 Å². The fraction of sp³-hybridized carbons (Fsp3) is 0.111. The van der Waals surface area contributed by atoms with E-state index in [1.807, 2.05) is 0 Å². The van der Waals surface area contributed by atoms with Crippen LogP contribution in [0, 0.1) is 0 Å². The van der Waals surface area contributed by atoms with Crippen molar-refractivity contribution in [2.75, 3.05) is 6.54 Å². The first-order valence-electron chi connectivity index (χ1n) is 6.64. The van der Waals surface area contributed by atoms with Gasteiger partial charge >= 0.3 is 0 Å². The maximum absolute atomic E-state index is 2.32. The van der Waals surface area contributed by atoms with Crippen molar-refractivity contribution >= 4 is 0 Å². The van der Waals surface area contributed by atoms with E-state index < -0.39 is 0 Å². The molecule has 0 atom stereocenters. The quantitative estimate of drug-likeness (QED) is 0.784. The molecular weight excluding hydrogens is 230 g/mol. The van der Waals surface area contributed by atoms with Gasteiger partial charge in [-0.15, -0.1) is 0 Å². The Labute approximate surface area is 114 Å². The molecule has 0 N–H and O–H groups in total. The van der Waals surface area contributed by atoms with Gasteiger partial charge < -0.3 is 4.90 Å². The number of benzene rings is 2. The highest BCUT2D eigenvalue weighted by Gasteiger charge is 2.07. The largest absolute Gasteiger partial charge is 0.369 e. The van der Waals surface area contributed by atoms with Crippen LogP contribution in [0.15, 0.2) is 79.0 Å². The molecule has 0 bridgehead atoms. The Balaban J connectivity index is 1.89. The lowest BCUT2D eigenvalue weighted by Gasteiger charge is -2.22. The molecule has 94 valence electrons. The molecular formula is C18H17N. The van der Waals surface area contributed by atoms with Crippen LogP contribution in [0.3, 0.4) is 0 Å². The predicted molar refractivity (Wildman–Crippen MR) is 80.6 cm³/mol. The smallest absolute Gasteiger partial charge is 0.0433 e. The number of allylic oxidation sites excluding steroid dienone is 2. The van der Waals surface area contributed by atoms with Crippen LogP contribution < -0.4 is 0 Å². The topological polar surface area (TPSA) is 3.24 Å². The molecule has 0 fully saturated rings. The minimum Gasteiger partial charge on any atom is -0.369 e. The standard InChI is InChI=1S/C18H17N/c1-3-9-16(10-4-1)18-12-6-5-11-17(18)15-19-13-7-2-8-14-19/h1-13H,14-15H2. The first-order valence-corrected chi connectivity index (χ1v) is 6.64. The Hall–Kier alpha value is -2.28. The van der Waals surface area contributed by atoms with E-state index >= 15 is 0 Å². The zero-order valence-corrected chi connectivity index (χ0v) is 10.9. The van der Waals surface area contributed by atoms with Crippen molar-refractivity contribution in [3.05, 3.63) is 84.6 Å². The molecule has 2 aromatic rings. The molecule has 0 spiro atoms. The molecule has 1 nitrogen and oxygen atoms in total. The molecule has 0 aliphatic carbocycles. The van der Waals surface area contributed by atoms with Crippen LogP contribution in [0.4, 0.5) is 0 Å². The lowest BCUT2D eigenvalue weighted by molar-refractivity contribution is 0.406. The Bertz CT molecular complexity index is 596. The molecule has 0 aromatic heterocycles. The van der Waals surface area contributed by atoms with E-state index in [0.29, 0.717) is 0 Å².